The number of rotatable bonds is 6. The number of aryl methyl sites for hydroxylation is 1. The lowest BCUT2D eigenvalue weighted by Gasteiger charge is -2.20. The molecule has 0 bridgehead atoms. The van der Waals surface area contributed by atoms with E-state index < -0.39 is 12.2 Å². The lowest BCUT2D eigenvalue weighted by atomic mass is 9.96. The Bertz CT molecular complexity index is 437. The summed E-state index contributed by atoms with van der Waals surface area (Å²) in [4.78, 5) is 10.8. The van der Waals surface area contributed by atoms with E-state index in [1.165, 1.54) is 18.7 Å². The molecule has 3 nitrogen and oxygen atoms in total. The van der Waals surface area contributed by atoms with Gasteiger partial charge in [0.25, 0.3) is 0 Å². The molecule has 0 amide bonds. The highest BCUT2D eigenvalue weighted by Gasteiger charge is 2.20. The number of thioether (sulfide) groups is 1. The molecule has 2 N–H and O–H groups in total. The van der Waals surface area contributed by atoms with Gasteiger partial charge in [0.15, 0.2) is 5.12 Å². The van der Waals surface area contributed by atoms with Crippen LogP contribution in [0.4, 0.5) is 0 Å². The van der Waals surface area contributed by atoms with Gasteiger partial charge in [-0.15, -0.1) is 0 Å². The summed E-state index contributed by atoms with van der Waals surface area (Å²) in [7, 11) is 0. The summed E-state index contributed by atoms with van der Waals surface area (Å²) in [6.45, 7) is 3.51. The van der Waals surface area contributed by atoms with Crippen LogP contribution in [0.5, 0.6) is 0 Å². The maximum absolute atomic E-state index is 10.8. The van der Waals surface area contributed by atoms with E-state index in [1.54, 1.807) is 0 Å². The van der Waals surface area contributed by atoms with Crippen LogP contribution < -0.4 is 0 Å². The molecular formula is C14H19BrO3S. The number of carbonyl (C=O) groups is 1. The van der Waals surface area contributed by atoms with Crippen LogP contribution in [0, 0.1) is 0 Å². The molecular weight excluding hydrogens is 328 g/mol. The van der Waals surface area contributed by atoms with Crippen molar-refractivity contribution in [1.29, 1.82) is 0 Å². The van der Waals surface area contributed by atoms with Gasteiger partial charge in [-0.3, -0.25) is 4.79 Å². The first kappa shape index (κ1) is 16.7. The molecule has 0 aliphatic carbocycles. The van der Waals surface area contributed by atoms with Crippen LogP contribution >= 0.6 is 27.7 Å². The molecule has 0 fully saturated rings. The van der Waals surface area contributed by atoms with Crippen LogP contribution in [-0.2, 0) is 11.2 Å². The van der Waals surface area contributed by atoms with Crippen LogP contribution in [-0.4, -0.2) is 27.2 Å². The predicted octanol–water partition coefficient (Wildman–Crippen LogP) is 3.08. The van der Waals surface area contributed by atoms with Gasteiger partial charge >= 0.3 is 0 Å². The second kappa shape index (κ2) is 8.04. The maximum atomic E-state index is 10.8. The van der Waals surface area contributed by atoms with E-state index in [0.717, 1.165) is 22.0 Å². The van der Waals surface area contributed by atoms with Gasteiger partial charge in [0, 0.05) is 17.1 Å². The van der Waals surface area contributed by atoms with Gasteiger partial charge in [-0.25, -0.2) is 0 Å². The molecule has 0 radical (unpaired) electrons. The Hall–Kier alpha value is -0.360. The van der Waals surface area contributed by atoms with E-state index in [9.17, 15) is 15.0 Å². The van der Waals surface area contributed by atoms with Crippen molar-refractivity contribution in [2.45, 2.75) is 38.9 Å². The molecule has 0 spiro atoms. The van der Waals surface area contributed by atoms with Crippen molar-refractivity contribution < 1.29 is 15.0 Å². The van der Waals surface area contributed by atoms with E-state index in [2.05, 4.69) is 15.9 Å². The second-order valence-electron chi connectivity index (χ2n) is 4.34. The number of carbonyl (C=O) groups excluding carboxylic acids is 1. The number of hydrogen-bond acceptors (Lipinski definition) is 4. The maximum Gasteiger partial charge on any atom is 0.185 e. The van der Waals surface area contributed by atoms with Crippen LogP contribution in [0.1, 0.15) is 37.5 Å². The molecule has 106 valence electrons. The minimum absolute atomic E-state index is 0.0274. The van der Waals surface area contributed by atoms with Crippen molar-refractivity contribution in [3.05, 3.63) is 33.8 Å². The van der Waals surface area contributed by atoms with Gasteiger partial charge in [-0.1, -0.05) is 40.7 Å². The Morgan fingerprint density at radius 1 is 1.42 bits per heavy atom. The minimum atomic E-state index is -0.907. The number of halogens is 1. The monoisotopic (exact) mass is 346 g/mol. The summed E-state index contributed by atoms with van der Waals surface area (Å²) < 4.78 is 0.960. The fourth-order valence-electron chi connectivity index (χ4n) is 1.86. The summed E-state index contributed by atoms with van der Waals surface area (Å²) >= 11 is 4.56. The average molecular weight is 347 g/mol. The minimum Gasteiger partial charge on any atom is -0.390 e. The summed E-state index contributed by atoms with van der Waals surface area (Å²) in [6.07, 6.45) is -0.570. The van der Waals surface area contributed by atoms with Crippen LogP contribution in [0.3, 0.4) is 0 Å². The van der Waals surface area contributed by atoms with E-state index in [-0.39, 0.29) is 5.12 Å². The van der Waals surface area contributed by atoms with Crippen LogP contribution in [0.25, 0.3) is 0 Å². The number of hydrogen-bond donors (Lipinski definition) is 2. The van der Waals surface area contributed by atoms with Crippen molar-refractivity contribution >= 4 is 32.8 Å². The molecule has 0 saturated heterocycles. The molecule has 2 atom stereocenters. The lowest BCUT2D eigenvalue weighted by Crippen LogP contribution is -2.20. The highest BCUT2D eigenvalue weighted by Crippen LogP contribution is 2.26. The molecule has 19 heavy (non-hydrogen) atoms. The molecule has 2 unspecified atom stereocenters. The Balaban J connectivity index is 2.70. The third-order valence-corrected chi connectivity index (χ3v) is 4.23. The predicted molar refractivity (Wildman–Crippen MR) is 82.2 cm³/mol. The van der Waals surface area contributed by atoms with Gasteiger partial charge < -0.3 is 10.2 Å². The van der Waals surface area contributed by atoms with Crippen molar-refractivity contribution in [2.75, 3.05) is 5.75 Å². The summed E-state index contributed by atoms with van der Waals surface area (Å²) in [5.41, 5.74) is 1.77. The number of benzene rings is 1. The summed E-state index contributed by atoms with van der Waals surface area (Å²) in [6, 6.07) is 5.64. The molecule has 0 saturated carbocycles. The van der Waals surface area contributed by atoms with Gasteiger partial charge in [0.05, 0.1) is 6.10 Å². The van der Waals surface area contributed by atoms with Crippen molar-refractivity contribution in [3.8, 4) is 0 Å². The average Bonchev–Trinajstić information content (AvgIpc) is 2.37. The standard InChI is InChI=1S/C14H19BrO3S/c1-3-10-8-11(15)4-5-12(10)14(18)13(17)6-7-19-9(2)16/h4-5,8,13-14,17-18H,3,6-7H2,1-2H3. The highest BCUT2D eigenvalue weighted by molar-refractivity contribution is 9.10. The molecule has 1 aromatic rings. The first-order chi connectivity index (χ1) is 8.95. The fourth-order valence-corrected chi connectivity index (χ4v) is 2.91. The molecule has 1 rings (SSSR count). The molecule has 1 aromatic carbocycles. The molecule has 0 aliphatic heterocycles. The second-order valence-corrected chi connectivity index (χ2v) is 6.53. The molecule has 0 aromatic heterocycles. The SMILES string of the molecule is CCc1cc(Br)ccc1C(O)C(O)CCSC(C)=O. The normalized spacial score (nSPS) is 14.2. The van der Waals surface area contributed by atoms with Gasteiger partial charge in [0.1, 0.15) is 6.10 Å². The Kier molecular flexibility index (Phi) is 7.07. The largest absolute Gasteiger partial charge is 0.390 e. The number of aliphatic hydroxyl groups excluding tert-OH is 2. The zero-order chi connectivity index (χ0) is 14.4. The fraction of sp³-hybridized carbons (Fsp3) is 0.500. The highest BCUT2D eigenvalue weighted by atomic mass is 79.9. The van der Waals surface area contributed by atoms with Crippen LogP contribution in [0.2, 0.25) is 0 Å². The van der Waals surface area contributed by atoms with Crippen molar-refractivity contribution in [1.82, 2.24) is 0 Å². The Morgan fingerprint density at radius 2 is 2.11 bits per heavy atom. The van der Waals surface area contributed by atoms with Crippen LogP contribution in [0.15, 0.2) is 22.7 Å². The summed E-state index contributed by atoms with van der Waals surface area (Å²) in [5, 5.41) is 20.2. The smallest absolute Gasteiger partial charge is 0.185 e. The van der Waals surface area contributed by atoms with E-state index in [4.69, 9.17) is 0 Å². The topological polar surface area (TPSA) is 57.5 Å². The first-order valence-corrected chi connectivity index (χ1v) is 8.01. The summed E-state index contributed by atoms with van der Waals surface area (Å²) in [5.74, 6) is 0.519. The van der Waals surface area contributed by atoms with Gasteiger partial charge in [0.2, 0.25) is 0 Å². The quantitative estimate of drug-likeness (QED) is 0.830. The lowest BCUT2D eigenvalue weighted by molar-refractivity contribution is -0.109. The van der Waals surface area contributed by atoms with E-state index in [1.807, 2.05) is 25.1 Å². The van der Waals surface area contributed by atoms with Crippen molar-refractivity contribution in [3.63, 3.8) is 0 Å². The zero-order valence-corrected chi connectivity index (χ0v) is 13.5. The van der Waals surface area contributed by atoms with E-state index in [0.29, 0.717) is 12.2 Å². The van der Waals surface area contributed by atoms with E-state index >= 15 is 0 Å². The third kappa shape index (κ3) is 5.26. The number of aliphatic hydroxyl groups is 2. The zero-order valence-electron chi connectivity index (χ0n) is 11.1. The van der Waals surface area contributed by atoms with Crippen molar-refractivity contribution in [2.24, 2.45) is 0 Å². The molecule has 0 heterocycles. The Labute approximate surface area is 126 Å². The Morgan fingerprint density at radius 3 is 2.68 bits per heavy atom. The molecule has 0 aliphatic rings. The first-order valence-electron chi connectivity index (χ1n) is 6.23. The molecule has 5 heteroatoms. The van der Waals surface area contributed by atoms with Gasteiger partial charge in [-0.2, -0.15) is 0 Å². The third-order valence-electron chi connectivity index (χ3n) is 2.89. The van der Waals surface area contributed by atoms with Gasteiger partial charge in [-0.05, 0) is 36.1 Å².